The highest BCUT2D eigenvalue weighted by molar-refractivity contribution is 14.1. The third-order valence-electron chi connectivity index (χ3n) is 11.0. The van der Waals surface area contributed by atoms with Crippen molar-refractivity contribution in [3.8, 4) is 17.0 Å². The number of carbonyl (C=O) groups excluding carboxylic acids is 2. The lowest BCUT2D eigenvalue weighted by Crippen LogP contribution is -2.46. The number of nitrogens with zero attached hydrogens (tertiary/aromatic N) is 5. The van der Waals surface area contributed by atoms with Crippen molar-refractivity contribution in [1.82, 2.24) is 20.4 Å². The van der Waals surface area contributed by atoms with Gasteiger partial charge >= 0.3 is 5.97 Å². The van der Waals surface area contributed by atoms with Crippen molar-refractivity contribution >= 4 is 68.6 Å². The molecule has 0 bridgehead atoms. The summed E-state index contributed by atoms with van der Waals surface area (Å²) in [6.45, 7) is 9.04. The summed E-state index contributed by atoms with van der Waals surface area (Å²) in [7, 11) is 1.56. The van der Waals surface area contributed by atoms with Gasteiger partial charge in [-0.05, 0) is 97.1 Å². The van der Waals surface area contributed by atoms with Crippen LogP contribution in [0.5, 0.6) is 5.75 Å². The largest absolute Gasteiger partial charge is 0.496 e. The van der Waals surface area contributed by atoms with Crippen LogP contribution in [0.4, 0.5) is 36.3 Å². The van der Waals surface area contributed by atoms with Gasteiger partial charge in [-0.25, -0.2) is 23.6 Å². The second-order valence-electron chi connectivity index (χ2n) is 15.7. The second kappa shape index (κ2) is 24.7. The number of hydrogen-bond acceptors (Lipinski definition) is 16. The SMILES string of the molecule is COc1ccc(-c2ccc3c(N4CCOC[C@H]4C)nc(N4CCOC[C@H]4C)nc3n2)cc1COC(=O)CCOCCOCCOCCONC(=O)c1ccc(F)c(F)c1Nc1ccc(I)cc1F. The monoisotopic (exact) mass is 1060 g/mol. The zero-order valence-electron chi connectivity index (χ0n) is 37.9. The summed E-state index contributed by atoms with van der Waals surface area (Å²) in [5.74, 6) is -2.60. The zero-order valence-corrected chi connectivity index (χ0v) is 40.0. The van der Waals surface area contributed by atoms with Crippen LogP contribution in [0.3, 0.4) is 0 Å². The maximum Gasteiger partial charge on any atom is 0.308 e. The Morgan fingerprint density at radius 2 is 1.50 bits per heavy atom. The second-order valence-corrected chi connectivity index (χ2v) is 17.0. The Morgan fingerprint density at radius 3 is 2.21 bits per heavy atom. The van der Waals surface area contributed by atoms with Crippen LogP contribution in [0.2, 0.25) is 0 Å². The maximum absolute atomic E-state index is 14.7. The molecule has 4 heterocycles. The molecule has 2 aliphatic heterocycles. The molecule has 21 heteroatoms. The molecule has 0 spiro atoms. The standard InChI is InChI=1S/C47H53F3IN7O10/c1-29-26-65-16-13-57(29)45-35-7-10-38(53-44(35)54-47(55-45)58-14-17-66-27-30(58)2)31-4-11-40(61-3)32(24-31)28-67-41(59)12-15-62-18-19-63-20-21-64-22-23-68-56-46(60)34-6-8-36(48)42(50)43(34)52-39-9-5-33(51)25-37(39)49/h4-11,24-25,29-30,52H,12-23,26-28H2,1-3H3,(H,56,60)/t29-,30-/m1/s1. The van der Waals surface area contributed by atoms with E-state index in [-0.39, 0.29) is 82.6 Å². The molecule has 7 rings (SSSR count). The van der Waals surface area contributed by atoms with Crippen LogP contribution < -0.4 is 25.3 Å². The van der Waals surface area contributed by atoms with Gasteiger partial charge in [-0.3, -0.25) is 14.4 Å². The third-order valence-corrected chi connectivity index (χ3v) is 11.6. The van der Waals surface area contributed by atoms with Gasteiger partial charge in [0, 0.05) is 27.8 Å². The number of halogens is 4. The Balaban J connectivity index is 0.806. The predicted octanol–water partition coefficient (Wildman–Crippen LogP) is 6.76. The minimum Gasteiger partial charge on any atom is -0.496 e. The van der Waals surface area contributed by atoms with Crippen molar-refractivity contribution < 1.29 is 60.8 Å². The Morgan fingerprint density at radius 1 is 0.794 bits per heavy atom. The van der Waals surface area contributed by atoms with Crippen molar-refractivity contribution in [1.29, 1.82) is 0 Å². The van der Waals surface area contributed by atoms with Gasteiger partial charge in [0.25, 0.3) is 5.91 Å². The first-order valence-electron chi connectivity index (χ1n) is 22.1. The van der Waals surface area contributed by atoms with E-state index in [1.165, 1.54) is 12.1 Å². The number of benzene rings is 3. The van der Waals surface area contributed by atoms with E-state index in [9.17, 15) is 22.8 Å². The fraction of sp³-hybridized carbons (Fsp3) is 0.426. The average molecular weight is 1060 g/mol. The zero-order chi connectivity index (χ0) is 48.0. The molecule has 2 saturated heterocycles. The topological polar surface area (TPSA) is 177 Å². The van der Waals surface area contributed by atoms with Crippen molar-refractivity contribution in [2.75, 3.05) is 108 Å². The fourth-order valence-corrected chi connectivity index (χ4v) is 7.85. The molecular weight excluding hydrogens is 1010 g/mol. The molecule has 2 fully saturated rings. The van der Waals surface area contributed by atoms with E-state index < -0.39 is 35.0 Å². The van der Waals surface area contributed by atoms with E-state index in [1.54, 1.807) is 13.2 Å². The summed E-state index contributed by atoms with van der Waals surface area (Å²) in [5, 5.41) is 3.30. The molecule has 17 nitrogen and oxygen atoms in total. The highest BCUT2D eigenvalue weighted by Gasteiger charge is 2.28. The van der Waals surface area contributed by atoms with Gasteiger partial charge in [-0.2, -0.15) is 9.97 Å². The average Bonchev–Trinajstić information content (AvgIpc) is 3.34. The van der Waals surface area contributed by atoms with E-state index >= 15 is 0 Å². The molecule has 0 aliphatic carbocycles. The van der Waals surface area contributed by atoms with Crippen LogP contribution in [0.1, 0.15) is 36.2 Å². The van der Waals surface area contributed by atoms with Crippen LogP contribution in [0, 0.1) is 21.0 Å². The molecule has 2 N–H and O–H groups in total. The number of aromatic nitrogens is 3. The van der Waals surface area contributed by atoms with Crippen LogP contribution in [0.15, 0.2) is 60.7 Å². The quantitative estimate of drug-likeness (QED) is 0.0321. The van der Waals surface area contributed by atoms with E-state index in [2.05, 4.69) is 34.4 Å². The van der Waals surface area contributed by atoms with E-state index in [0.717, 1.165) is 28.9 Å². The van der Waals surface area contributed by atoms with Crippen LogP contribution >= 0.6 is 22.6 Å². The van der Waals surface area contributed by atoms with Crippen molar-refractivity contribution in [2.24, 2.45) is 0 Å². The number of hydroxylamine groups is 1. The molecule has 2 aromatic heterocycles. The number of nitrogens with one attached hydrogen (secondary N) is 2. The van der Waals surface area contributed by atoms with Crippen molar-refractivity contribution in [2.45, 2.75) is 39.0 Å². The fourth-order valence-electron chi connectivity index (χ4n) is 7.40. The number of rotatable bonds is 22. The Labute approximate surface area is 405 Å². The van der Waals surface area contributed by atoms with E-state index in [1.807, 2.05) is 52.9 Å². The molecule has 68 heavy (non-hydrogen) atoms. The minimum atomic E-state index is -1.35. The number of fused-ring (bicyclic) bond motifs is 1. The van der Waals surface area contributed by atoms with Crippen molar-refractivity contribution in [3.05, 3.63) is 92.8 Å². The number of hydrogen-bond donors (Lipinski definition) is 2. The van der Waals surface area contributed by atoms with Gasteiger partial charge in [0.05, 0.1) is 126 Å². The summed E-state index contributed by atoms with van der Waals surface area (Å²) in [6, 6.07) is 15.8. The van der Waals surface area contributed by atoms with Gasteiger partial charge in [0.1, 0.15) is 24.0 Å². The minimum absolute atomic E-state index is 0.0203. The smallest absolute Gasteiger partial charge is 0.308 e. The Kier molecular flexibility index (Phi) is 18.3. The number of pyridine rings is 1. The molecule has 0 unspecified atom stereocenters. The summed E-state index contributed by atoms with van der Waals surface area (Å²) < 4.78 is 82.7. The summed E-state index contributed by atoms with van der Waals surface area (Å²) in [4.78, 5) is 50.0. The van der Waals surface area contributed by atoms with E-state index in [4.69, 9.17) is 52.9 Å². The highest BCUT2D eigenvalue weighted by Crippen LogP contribution is 2.33. The van der Waals surface area contributed by atoms with Gasteiger partial charge in [0.15, 0.2) is 17.3 Å². The molecule has 2 atom stereocenters. The van der Waals surface area contributed by atoms with Gasteiger partial charge in [-0.15, -0.1) is 0 Å². The van der Waals surface area contributed by atoms with Crippen LogP contribution in [-0.4, -0.2) is 132 Å². The molecular formula is C47H53F3IN7O10. The summed E-state index contributed by atoms with van der Waals surface area (Å²) >= 11 is 1.91. The van der Waals surface area contributed by atoms with Gasteiger partial charge < -0.3 is 48.3 Å². The molecule has 0 saturated carbocycles. The molecule has 0 radical (unpaired) electrons. The summed E-state index contributed by atoms with van der Waals surface area (Å²) in [6.07, 6.45) is 0.0285. The number of morpholine rings is 2. The van der Waals surface area contributed by atoms with Crippen molar-refractivity contribution in [3.63, 3.8) is 0 Å². The number of amides is 1. The first kappa shape index (κ1) is 50.4. The molecule has 1 amide bonds. The Hall–Kier alpha value is -5.43. The van der Waals surface area contributed by atoms with Crippen LogP contribution in [0.25, 0.3) is 22.3 Å². The highest BCUT2D eigenvalue weighted by atomic mass is 127. The summed E-state index contributed by atoms with van der Waals surface area (Å²) in [5.41, 5.74) is 3.90. The molecule has 2 aliphatic rings. The molecule has 3 aromatic carbocycles. The third kappa shape index (κ3) is 13.2. The number of anilines is 4. The Bertz CT molecular complexity index is 2530. The normalized spacial score (nSPS) is 16.2. The number of esters is 1. The molecule has 5 aromatic rings. The maximum atomic E-state index is 14.7. The number of methoxy groups -OCH3 is 1. The van der Waals surface area contributed by atoms with Gasteiger partial charge in [0.2, 0.25) is 5.95 Å². The number of carbonyl (C=O) groups is 2. The lowest BCUT2D eigenvalue weighted by molar-refractivity contribution is -0.146. The van der Waals surface area contributed by atoms with Gasteiger partial charge in [-0.1, -0.05) is 0 Å². The van der Waals surface area contributed by atoms with Crippen LogP contribution in [-0.2, 0) is 44.7 Å². The first-order chi connectivity index (χ1) is 33.0. The molecule has 364 valence electrons. The van der Waals surface area contributed by atoms with E-state index in [0.29, 0.717) is 71.7 Å². The number of ether oxygens (including phenoxy) is 7. The predicted molar refractivity (Wildman–Crippen MR) is 254 cm³/mol. The lowest BCUT2D eigenvalue weighted by atomic mass is 10.1. The lowest BCUT2D eigenvalue weighted by Gasteiger charge is -2.37. The first-order valence-corrected chi connectivity index (χ1v) is 23.1.